The SMILES string of the molecule is CC(C)N(C)CCCNc1ccc(S(=O)(=O)NC(=O)c2ccc(N3CCN(Cc4ccccc4-c4ccc(Cl)cc4)CC3)cc2Oc2ccccc2)cc1[N+](=O)[O-]. The second kappa shape index (κ2) is 18.6. The molecule has 0 spiro atoms. The summed E-state index contributed by atoms with van der Waals surface area (Å²) in [6, 6.07) is 34.1. The van der Waals surface area contributed by atoms with E-state index in [1.54, 1.807) is 42.5 Å². The van der Waals surface area contributed by atoms with Gasteiger partial charge in [0.15, 0.2) is 0 Å². The van der Waals surface area contributed by atoms with Crippen molar-refractivity contribution in [3.8, 4) is 22.6 Å². The number of ether oxygens (including phenoxy) is 1. The van der Waals surface area contributed by atoms with Crippen molar-refractivity contribution >= 4 is 44.6 Å². The molecule has 57 heavy (non-hydrogen) atoms. The number of nitrogens with one attached hydrogen (secondary N) is 2. The molecule has 1 fully saturated rings. The molecule has 5 aromatic carbocycles. The molecule has 1 aliphatic heterocycles. The van der Waals surface area contributed by atoms with Gasteiger partial charge in [0, 0.05) is 68.2 Å². The van der Waals surface area contributed by atoms with Gasteiger partial charge in [-0.3, -0.25) is 19.8 Å². The third kappa shape index (κ3) is 10.7. The summed E-state index contributed by atoms with van der Waals surface area (Å²) in [7, 11) is -2.52. The van der Waals surface area contributed by atoms with Crippen molar-refractivity contribution in [2.45, 2.75) is 37.8 Å². The Morgan fingerprint density at radius 1 is 0.912 bits per heavy atom. The maximum Gasteiger partial charge on any atom is 0.293 e. The molecule has 14 heteroatoms. The summed E-state index contributed by atoms with van der Waals surface area (Å²) in [5, 5.41) is 15.7. The Morgan fingerprint density at radius 3 is 2.32 bits per heavy atom. The molecule has 12 nitrogen and oxygen atoms in total. The van der Waals surface area contributed by atoms with Crippen LogP contribution in [0.2, 0.25) is 5.02 Å². The van der Waals surface area contributed by atoms with Crippen LogP contribution >= 0.6 is 11.6 Å². The fourth-order valence-electron chi connectivity index (χ4n) is 6.59. The second-order valence-corrected chi connectivity index (χ2v) is 16.4. The summed E-state index contributed by atoms with van der Waals surface area (Å²) in [5.41, 5.74) is 4.08. The van der Waals surface area contributed by atoms with Gasteiger partial charge in [-0.15, -0.1) is 0 Å². The van der Waals surface area contributed by atoms with Crippen LogP contribution in [0.1, 0.15) is 36.2 Å². The summed E-state index contributed by atoms with van der Waals surface area (Å²) in [4.78, 5) is 31.4. The van der Waals surface area contributed by atoms with Gasteiger partial charge in [0.1, 0.15) is 17.2 Å². The lowest BCUT2D eigenvalue weighted by atomic mass is 9.99. The van der Waals surface area contributed by atoms with Gasteiger partial charge in [0.05, 0.1) is 15.4 Å². The molecule has 0 saturated carbocycles. The maximum atomic E-state index is 13.7. The Kier molecular flexibility index (Phi) is 13.5. The Balaban J connectivity index is 1.16. The van der Waals surface area contributed by atoms with Crippen molar-refractivity contribution in [2.75, 3.05) is 56.5 Å². The highest BCUT2D eigenvalue weighted by Gasteiger charge is 2.27. The molecular weight excluding hydrogens is 764 g/mol. The summed E-state index contributed by atoms with van der Waals surface area (Å²) in [5.74, 6) is -0.305. The highest BCUT2D eigenvalue weighted by Crippen LogP contribution is 2.33. The minimum atomic E-state index is -4.52. The number of carbonyl (C=O) groups excluding carboxylic acids is 1. The van der Waals surface area contributed by atoms with Gasteiger partial charge in [-0.1, -0.05) is 66.2 Å². The minimum absolute atomic E-state index is 0.0113. The fraction of sp³-hybridized carbons (Fsp3) is 0.279. The van der Waals surface area contributed by atoms with Gasteiger partial charge >= 0.3 is 0 Å². The zero-order valence-electron chi connectivity index (χ0n) is 32.2. The van der Waals surface area contributed by atoms with Crippen LogP contribution in [-0.2, 0) is 16.6 Å². The van der Waals surface area contributed by atoms with E-state index in [1.165, 1.54) is 23.3 Å². The number of anilines is 2. The van der Waals surface area contributed by atoms with Crippen LogP contribution in [0.15, 0.2) is 120 Å². The zero-order valence-corrected chi connectivity index (χ0v) is 33.8. The largest absolute Gasteiger partial charge is 0.456 e. The predicted molar refractivity (Wildman–Crippen MR) is 226 cm³/mol. The number of carbonyl (C=O) groups is 1. The lowest BCUT2D eigenvalue weighted by Gasteiger charge is -2.36. The summed E-state index contributed by atoms with van der Waals surface area (Å²) in [6.45, 7) is 9.19. The normalized spacial score (nSPS) is 13.5. The molecule has 1 saturated heterocycles. The van der Waals surface area contributed by atoms with Gasteiger partial charge in [0.2, 0.25) is 0 Å². The summed E-state index contributed by atoms with van der Waals surface area (Å²) < 4.78 is 35.3. The van der Waals surface area contributed by atoms with E-state index in [1.807, 2.05) is 43.4 Å². The van der Waals surface area contributed by atoms with Gasteiger partial charge in [-0.05, 0) is 99.1 Å². The molecule has 0 bridgehead atoms. The highest BCUT2D eigenvalue weighted by atomic mass is 35.5. The molecule has 1 heterocycles. The summed E-state index contributed by atoms with van der Waals surface area (Å²) in [6.07, 6.45) is 0.727. The molecule has 0 atom stereocenters. The van der Waals surface area contributed by atoms with Crippen LogP contribution in [0, 0.1) is 10.1 Å². The average molecular weight is 811 g/mol. The number of nitrogens with zero attached hydrogens (tertiary/aromatic N) is 4. The first kappa shape index (κ1) is 41.2. The van der Waals surface area contributed by atoms with E-state index in [4.69, 9.17) is 16.3 Å². The number of nitro groups is 1. The number of halogens is 1. The van der Waals surface area contributed by atoms with E-state index < -0.39 is 31.4 Å². The maximum absolute atomic E-state index is 13.7. The first-order valence-corrected chi connectivity index (χ1v) is 20.7. The first-order valence-electron chi connectivity index (χ1n) is 18.9. The Morgan fingerprint density at radius 2 is 1.61 bits per heavy atom. The summed E-state index contributed by atoms with van der Waals surface area (Å²) >= 11 is 6.14. The molecule has 5 aromatic rings. The topological polar surface area (TPSA) is 137 Å². The number of hydrogen-bond donors (Lipinski definition) is 2. The molecule has 298 valence electrons. The van der Waals surface area contributed by atoms with E-state index in [0.717, 1.165) is 49.9 Å². The van der Waals surface area contributed by atoms with Crippen molar-refractivity contribution in [1.82, 2.24) is 14.5 Å². The van der Waals surface area contributed by atoms with E-state index in [0.29, 0.717) is 36.4 Å². The molecule has 0 unspecified atom stereocenters. The molecular formula is C43H47ClN6O6S. The van der Waals surface area contributed by atoms with Crippen molar-refractivity contribution in [2.24, 2.45) is 0 Å². The number of hydrogen-bond acceptors (Lipinski definition) is 10. The minimum Gasteiger partial charge on any atom is -0.456 e. The van der Waals surface area contributed by atoms with Crippen molar-refractivity contribution < 1.29 is 22.9 Å². The number of amides is 1. The van der Waals surface area contributed by atoms with E-state index >= 15 is 0 Å². The number of para-hydroxylation sites is 1. The van der Waals surface area contributed by atoms with Gasteiger partial charge in [0.25, 0.3) is 21.6 Å². The third-order valence-corrected chi connectivity index (χ3v) is 11.7. The molecule has 1 aliphatic rings. The lowest BCUT2D eigenvalue weighted by Crippen LogP contribution is -2.46. The number of nitro benzene ring substituents is 1. The molecule has 0 radical (unpaired) electrons. The van der Waals surface area contributed by atoms with Gasteiger partial charge < -0.3 is 19.9 Å². The molecule has 0 aromatic heterocycles. The van der Waals surface area contributed by atoms with E-state index in [9.17, 15) is 23.3 Å². The van der Waals surface area contributed by atoms with Crippen molar-refractivity contribution in [3.63, 3.8) is 0 Å². The Hall–Kier alpha value is -5.47. The Bertz CT molecular complexity index is 2280. The molecule has 2 N–H and O–H groups in total. The van der Waals surface area contributed by atoms with Crippen molar-refractivity contribution in [3.05, 3.63) is 142 Å². The third-order valence-electron chi connectivity index (χ3n) is 10.1. The van der Waals surface area contributed by atoms with Crippen LogP contribution in [0.25, 0.3) is 11.1 Å². The monoisotopic (exact) mass is 810 g/mol. The fourth-order valence-corrected chi connectivity index (χ4v) is 7.71. The van der Waals surface area contributed by atoms with Crippen LogP contribution in [-0.4, -0.2) is 81.4 Å². The predicted octanol–water partition coefficient (Wildman–Crippen LogP) is 8.29. The Labute approximate surface area is 339 Å². The van der Waals surface area contributed by atoms with E-state index in [2.05, 4.69) is 56.8 Å². The zero-order chi connectivity index (χ0) is 40.5. The average Bonchev–Trinajstić information content (AvgIpc) is 3.20. The number of piperazine rings is 1. The standard InChI is InChI=1S/C43H47ClN6O6S/c1-31(2)47(3)23-9-22-45-40-21-19-37(29-41(40)50(52)53)57(54,55)46-43(51)39-20-18-35(28-42(39)56-36-11-5-4-6-12-36)49-26-24-48(25-27-49)30-33-10-7-8-13-38(33)32-14-16-34(44)17-15-32/h4-8,10-21,28-29,31,45H,9,22-27,30H2,1-3H3,(H,46,51). The van der Waals surface area contributed by atoms with Crippen molar-refractivity contribution in [1.29, 1.82) is 0 Å². The van der Waals surface area contributed by atoms with E-state index in [-0.39, 0.29) is 17.0 Å². The molecule has 1 amide bonds. The molecule has 0 aliphatic carbocycles. The highest BCUT2D eigenvalue weighted by molar-refractivity contribution is 7.90. The smallest absolute Gasteiger partial charge is 0.293 e. The van der Waals surface area contributed by atoms with Crippen LogP contribution in [0.5, 0.6) is 11.5 Å². The van der Waals surface area contributed by atoms with Crippen LogP contribution in [0.3, 0.4) is 0 Å². The lowest BCUT2D eigenvalue weighted by molar-refractivity contribution is -0.384. The number of benzene rings is 5. The van der Waals surface area contributed by atoms with Crippen LogP contribution in [0.4, 0.5) is 17.1 Å². The quantitative estimate of drug-likeness (QED) is 0.0569. The number of sulfonamides is 1. The van der Waals surface area contributed by atoms with Gasteiger partial charge in [-0.25, -0.2) is 13.1 Å². The second-order valence-electron chi connectivity index (χ2n) is 14.2. The first-order chi connectivity index (χ1) is 27.4. The number of rotatable bonds is 16. The van der Waals surface area contributed by atoms with Crippen LogP contribution < -0.4 is 19.7 Å². The van der Waals surface area contributed by atoms with Gasteiger partial charge in [-0.2, -0.15) is 0 Å². The molecule has 6 rings (SSSR count).